The lowest BCUT2D eigenvalue weighted by atomic mass is 9.97. The average Bonchev–Trinajstić information content (AvgIpc) is 3.46. The maximum Gasteiger partial charge on any atom is 0.417 e. The maximum atomic E-state index is 13.6. The van der Waals surface area contributed by atoms with Gasteiger partial charge in [0, 0.05) is 25.4 Å². The van der Waals surface area contributed by atoms with Crippen LogP contribution in [0.2, 0.25) is 0 Å². The summed E-state index contributed by atoms with van der Waals surface area (Å²) in [5, 5.41) is 0. The number of hydrogen-bond donors (Lipinski definition) is 0. The molecule has 0 spiro atoms. The monoisotopic (exact) mass is 615 g/mol. The molecule has 0 aliphatic carbocycles. The van der Waals surface area contributed by atoms with Gasteiger partial charge in [-0.2, -0.15) is 39.5 Å². The van der Waals surface area contributed by atoms with E-state index in [4.69, 9.17) is 14.2 Å². The third kappa shape index (κ3) is 6.53. The van der Waals surface area contributed by atoms with E-state index in [0.717, 1.165) is 11.0 Å². The standard InChI is InChI=1S/C26H26F9N3O4/c1-4-41-20-12-40-11-19(20)37(3)22-15(7-18(9-36-22)26(33,34)35)10-38-13(2)21(42-23(38)39)14-5-16(24(27,28)29)8-17(6-14)25(30,31)32/h5-9,13,19-21H,4,10-12H2,1-3H3. The van der Waals surface area contributed by atoms with Gasteiger partial charge in [-0.3, -0.25) is 4.90 Å². The fraction of sp³-hybridized carbons (Fsp3) is 0.538. The Morgan fingerprint density at radius 1 is 0.952 bits per heavy atom. The third-order valence-electron chi connectivity index (χ3n) is 7.15. The van der Waals surface area contributed by atoms with E-state index >= 15 is 0 Å². The zero-order chi connectivity index (χ0) is 31.2. The Morgan fingerprint density at radius 3 is 2.10 bits per heavy atom. The predicted molar refractivity (Wildman–Crippen MR) is 128 cm³/mol. The van der Waals surface area contributed by atoms with Crippen LogP contribution >= 0.6 is 0 Å². The van der Waals surface area contributed by atoms with Gasteiger partial charge >= 0.3 is 24.6 Å². The summed E-state index contributed by atoms with van der Waals surface area (Å²) in [5.41, 5.74) is -4.96. The minimum atomic E-state index is -5.13. The second-order valence-electron chi connectivity index (χ2n) is 9.93. The molecule has 16 heteroatoms. The van der Waals surface area contributed by atoms with E-state index in [1.165, 1.54) is 6.92 Å². The molecule has 4 atom stereocenters. The molecular weight excluding hydrogens is 589 g/mol. The minimum absolute atomic E-state index is 0.0464. The van der Waals surface area contributed by atoms with Crippen LogP contribution in [0, 0.1) is 0 Å². The molecule has 2 fully saturated rings. The molecule has 42 heavy (non-hydrogen) atoms. The van der Waals surface area contributed by atoms with Crippen LogP contribution < -0.4 is 4.90 Å². The van der Waals surface area contributed by atoms with E-state index in [0.29, 0.717) is 24.9 Å². The summed E-state index contributed by atoms with van der Waals surface area (Å²) in [5.74, 6) is 0.0464. The molecule has 1 aromatic heterocycles. The van der Waals surface area contributed by atoms with Gasteiger partial charge in [-0.05, 0) is 43.7 Å². The van der Waals surface area contributed by atoms with Gasteiger partial charge in [-0.15, -0.1) is 0 Å². The number of alkyl halides is 9. The molecule has 0 radical (unpaired) electrons. The lowest BCUT2D eigenvalue weighted by Crippen LogP contribution is -2.43. The number of amides is 1. The SMILES string of the molecule is CCOC1COCC1N(C)c1ncc(C(F)(F)F)cc1CN1C(=O)OC(c2cc(C(F)(F)F)cc(C(F)(F)F)c2)C1C. The van der Waals surface area contributed by atoms with Crippen molar-refractivity contribution in [2.45, 2.75) is 63.2 Å². The van der Waals surface area contributed by atoms with Gasteiger partial charge in [0.15, 0.2) is 0 Å². The number of carbonyl (C=O) groups is 1. The lowest BCUT2D eigenvalue weighted by molar-refractivity contribution is -0.143. The molecule has 2 aromatic rings. The Labute approximate surface area is 234 Å². The van der Waals surface area contributed by atoms with Crippen molar-refractivity contribution in [1.29, 1.82) is 0 Å². The molecule has 4 unspecified atom stereocenters. The molecule has 0 N–H and O–H groups in total. The van der Waals surface area contributed by atoms with Crippen LogP contribution in [-0.2, 0) is 39.3 Å². The Balaban J connectivity index is 1.70. The first-order chi connectivity index (χ1) is 19.4. The van der Waals surface area contributed by atoms with E-state index in [-0.39, 0.29) is 30.7 Å². The molecule has 4 rings (SSSR count). The molecule has 3 heterocycles. The van der Waals surface area contributed by atoms with Crippen LogP contribution in [0.4, 0.5) is 50.1 Å². The first-order valence-electron chi connectivity index (χ1n) is 12.7. The summed E-state index contributed by atoms with van der Waals surface area (Å²) in [7, 11) is 1.56. The van der Waals surface area contributed by atoms with Crippen LogP contribution in [0.5, 0.6) is 0 Å². The van der Waals surface area contributed by atoms with Gasteiger partial charge in [-0.1, -0.05) is 0 Å². The highest BCUT2D eigenvalue weighted by Gasteiger charge is 2.44. The summed E-state index contributed by atoms with van der Waals surface area (Å²) in [6.07, 6.45) is -17.6. The highest BCUT2D eigenvalue weighted by Crippen LogP contribution is 2.42. The first kappa shape index (κ1) is 31.7. The molecule has 1 amide bonds. The van der Waals surface area contributed by atoms with Crippen molar-refractivity contribution in [2.24, 2.45) is 0 Å². The van der Waals surface area contributed by atoms with Crippen LogP contribution in [0.3, 0.4) is 0 Å². The molecule has 1 aromatic carbocycles. The van der Waals surface area contributed by atoms with Crippen LogP contribution in [0.1, 0.15) is 47.8 Å². The largest absolute Gasteiger partial charge is 0.439 e. The van der Waals surface area contributed by atoms with Gasteiger partial charge in [-0.25, -0.2) is 9.78 Å². The number of halogens is 9. The number of anilines is 1. The van der Waals surface area contributed by atoms with Crippen LogP contribution in [0.25, 0.3) is 0 Å². The van der Waals surface area contributed by atoms with Gasteiger partial charge in [0.05, 0.1) is 48.5 Å². The normalized spacial score (nSPS) is 23.4. The van der Waals surface area contributed by atoms with Crippen LogP contribution in [-0.4, -0.2) is 61.0 Å². The predicted octanol–water partition coefficient (Wildman–Crippen LogP) is 6.46. The molecule has 0 saturated carbocycles. The van der Waals surface area contributed by atoms with Crippen molar-refractivity contribution in [2.75, 3.05) is 31.8 Å². The summed E-state index contributed by atoms with van der Waals surface area (Å²) in [4.78, 5) is 19.3. The zero-order valence-corrected chi connectivity index (χ0v) is 22.4. The second-order valence-corrected chi connectivity index (χ2v) is 9.93. The molecule has 7 nitrogen and oxygen atoms in total. The van der Waals surface area contributed by atoms with Gasteiger partial charge in [0.25, 0.3) is 0 Å². The number of likely N-dealkylation sites (N-methyl/N-ethyl adjacent to an activating group) is 1. The Morgan fingerprint density at radius 2 is 1.55 bits per heavy atom. The van der Waals surface area contributed by atoms with E-state index in [2.05, 4.69) is 4.98 Å². The fourth-order valence-corrected chi connectivity index (χ4v) is 4.99. The zero-order valence-electron chi connectivity index (χ0n) is 22.4. The van der Waals surface area contributed by atoms with Crippen molar-refractivity contribution in [3.63, 3.8) is 0 Å². The van der Waals surface area contributed by atoms with E-state index in [1.807, 2.05) is 0 Å². The Bertz CT molecular complexity index is 1270. The van der Waals surface area contributed by atoms with Gasteiger partial charge in [0.1, 0.15) is 18.0 Å². The number of hydrogen-bond acceptors (Lipinski definition) is 6. The topological polar surface area (TPSA) is 64.1 Å². The summed E-state index contributed by atoms with van der Waals surface area (Å²) in [6, 6.07) is 0.0129. The molecule has 2 aliphatic rings. The number of ether oxygens (including phenoxy) is 3. The summed E-state index contributed by atoms with van der Waals surface area (Å²) >= 11 is 0. The van der Waals surface area contributed by atoms with Crippen molar-refractivity contribution < 1.29 is 58.5 Å². The molecule has 232 valence electrons. The smallest absolute Gasteiger partial charge is 0.417 e. The molecule has 0 bridgehead atoms. The van der Waals surface area contributed by atoms with Gasteiger partial charge < -0.3 is 19.1 Å². The van der Waals surface area contributed by atoms with E-state index in [9.17, 15) is 44.3 Å². The molecule has 2 saturated heterocycles. The average molecular weight is 615 g/mol. The number of pyridine rings is 1. The number of cyclic esters (lactones) is 1. The molecular formula is C26H26F9N3O4. The van der Waals surface area contributed by atoms with Gasteiger partial charge in [0.2, 0.25) is 0 Å². The molecule has 2 aliphatic heterocycles. The fourth-order valence-electron chi connectivity index (χ4n) is 4.99. The lowest BCUT2D eigenvalue weighted by Gasteiger charge is -2.31. The maximum absolute atomic E-state index is 13.6. The van der Waals surface area contributed by atoms with E-state index in [1.54, 1.807) is 18.9 Å². The summed E-state index contributed by atoms with van der Waals surface area (Å²) < 4.78 is 138. The third-order valence-corrected chi connectivity index (χ3v) is 7.15. The number of nitrogens with zero attached hydrogens (tertiary/aromatic N) is 3. The van der Waals surface area contributed by atoms with Crippen molar-refractivity contribution in [3.8, 4) is 0 Å². The van der Waals surface area contributed by atoms with E-state index < -0.39 is 77.7 Å². The Hall–Kier alpha value is -3.27. The van der Waals surface area contributed by atoms with Crippen molar-refractivity contribution >= 4 is 11.9 Å². The minimum Gasteiger partial charge on any atom is -0.439 e. The number of rotatable bonds is 7. The van der Waals surface area contributed by atoms with Crippen molar-refractivity contribution in [3.05, 3.63) is 58.3 Å². The first-order valence-corrected chi connectivity index (χ1v) is 12.7. The second kappa shape index (κ2) is 11.4. The number of carbonyl (C=O) groups excluding carboxylic acids is 1. The summed E-state index contributed by atoms with van der Waals surface area (Å²) in [6.45, 7) is 3.28. The highest BCUT2D eigenvalue weighted by atomic mass is 19.4. The van der Waals surface area contributed by atoms with Crippen molar-refractivity contribution in [1.82, 2.24) is 9.88 Å². The highest BCUT2D eigenvalue weighted by molar-refractivity contribution is 5.71. The number of aromatic nitrogens is 1. The van der Waals surface area contributed by atoms with Crippen LogP contribution in [0.15, 0.2) is 30.5 Å². The quantitative estimate of drug-likeness (QED) is 0.334. The Kier molecular flexibility index (Phi) is 8.62. The number of benzene rings is 1.